The lowest BCUT2D eigenvalue weighted by Crippen LogP contribution is -2.40. The number of hydrogen-bond donors (Lipinski definition) is 0. The van der Waals surface area contributed by atoms with Gasteiger partial charge in [0, 0.05) is 29.1 Å². The molecule has 0 bridgehead atoms. The van der Waals surface area contributed by atoms with Crippen molar-refractivity contribution in [3.8, 4) is 11.1 Å². The molecule has 1 heteroatoms. The van der Waals surface area contributed by atoms with E-state index < -0.39 is 0 Å². The summed E-state index contributed by atoms with van der Waals surface area (Å²) in [6.45, 7) is 18.8. The standard InChI is InChI=1S/C33H45N/c1-10-23(5)20-24(6)28(11-2)32(12-3)22-33(32,13-4)34(9)25-18-19-27-26-16-14-15-17-29(26)31(7,8)30(27)21-25/h14-21H,10-13,22H2,1-9H3/b23-20-,28-24+. The second-order valence-corrected chi connectivity index (χ2v) is 11.3. The van der Waals surface area contributed by atoms with Gasteiger partial charge in [0.15, 0.2) is 0 Å². The Kier molecular flexibility index (Phi) is 6.38. The van der Waals surface area contributed by atoms with Crippen molar-refractivity contribution in [1.29, 1.82) is 0 Å². The van der Waals surface area contributed by atoms with Crippen molar-refractivity contribution in [2.24, 2.45) is 5.41 Å². The molecular formula is C33H45N. The first-order valence-electron chi connectivity index (χ1n) is 13.5. The molecule has 1 saturated carbocycles. The van der Waals surface area contributed by atoms with E-state index in [0.29, 0.717) is 0 Å². The maximum atomic E-state index is 2.65. The van der Waals surface area contributed by atoms with Crippen LogP contribution in [-0.4, -0.2) is 12.6 Å². The SMILES string of the molecule is CC/C(C)=C\C(C)=C(/CC)C1(CC)CC1(CC)N(C)c1ccc2c(c1)C(C)(C)c1ccccc1-2. The highest BCUT2D eigenvalue weighted by Gasteiger charge is 2.68. The van der Waals surface area contributed by atoms with Gasteiger partial charge in [0.25, 0.3) is 0 Å². The summed E-state index contributed by atoms with van der Waals surface area (Å²) in [5, 5.41) is 0. The lowest BCUT2D eigenvalue weighted by atomic mass is 9.80. The average Bonchev–Trinajstić information content (AvgIpc) is 3.47. The van der Waals surface area contributed by atoms with E-state index in [1.54, 1.807) is 5.57 Å². The molecule has 0 aromatic heterocycles. The molecule has 0 amide bonds. The summed E-state index contributed by atoms with van der Waals surface area (Å²) in [6.07, 6.45) is 8.33. The molecule has 34 heavy (non-hydrogen) atoms. The molecule has 2 aliphatic rings. The van der Waals surface area contributed by atoms with Crippen molar-refractivity contribution in [2.75, 3.05) is 11.9 Å². The van der Waals surface area contributed by atoms with Gasteiger partial charge < -0.3 is 4.90 Å². The van der Waals surface area contributed by atoms with Crippen molar-refractivity contribution in [3.63, 3.8) is 0 Å². The molecule has 1 fully saturated rings. The van der Waals surface area contributed by atoms with Crippen LogP contribution in [0.3, 0.4) is 0 Å². The van der Waals surface area contributed by atoms with Crippen LogP contribution >= 0.6 is 0 Å². The van der Waals surface area contributed by atoms with E-state index in [9.17, 15) is 0 Å². The Morgan fingerprint density at radius 1 is 0.882 bits per heavy atom. The van der Waals surface area contributed by atoms with Crippen molar-refractivity contribution >= 4 is 5.69 Å². The highest BCUT2D eigenvalue weighted by atomic mass is 15.2. The van der Waals surface area contributed by atoms with Gasteiger partial charge >= 0.3 is 0 Å². The molecule has 0 aliphatic heterocycles. The molecule has 0 radical (unpaired) electrons. The fourth-order valence-corrected chi connectivity index (χ4v) is 7.35. The summed E-state index contributed by atoms with van der Waals surface area (Å²) in [6, 6.07) is 16.2. The number of allylic oxidation sites excluding steroid dienone is 3. The maximum absolute atomic E-state index is 2.65. The first-order chi connectivity index (χ1) is 16.1. The minimum atomic E-state index is 0.0428. The first kappa shape index (κ1) is 24.8. The lowest BCUT2D eigenvalue weighted by molar-refractivity contribution is 0.426. The topological polar surface area (TPSA) is 3.24 Å². The predicted molar refractivity (Wildman–Crippen MR) is 150 cm³/mol. The van der Waals surface area contributed by atoms with Crippen LogP contribution in [0, 0.1) is 5.41 Å². The van der Waals surface area contributed by atoms with Crippen molar-refractivity contribution in [3.05, 3.63) is 76.4 Å². The molecule has 2 unspecified atom stereocenters. The maximum Gasteiger partial charge on any atom is 0.0499 e. The highest BCUT2D eigenvalue weighted by molar-refractivity contribution is 5.82. The number of nitrogens with zero attached hydrogens (tertiary/aromatic N) is 1. The van der Waals surface area contributed by atoms with Gasteiger partial charge in [0.2, 0.25) is 0 Å². The van der Waals surface area contributed by atoms with Gasteiger partial charge in [0.05, 0.1) is 0 Å². The Morgan fingerprint density at radius 2 is 1.56 bits per heavy atom. The van der Waals surface area contributed by atoms with Gasteiger partial charge in [-0.3, -0.25) is 0 Å². The van der Waals surface area contributed by atoms with Gasteiger partial charge in [0.1, 0.15) is 0 Å². The van der Waals surface area contributed by atoms with Crippen LogP contribution in [0.5, 0.6) is 0 Å². The molecule has 2 atom stereocenters. The minimum Gasteiger partial charge on any atom is -0.368 e. The molecule has 0 saturated heterocycles. The van der Waals surface area contributed by atoms with Crippen LogP contribution in [-0.2, 0) is 5.41 Å². The lowest BCUT2D eigenvalue weighted by Gasteiger charge is -2.37. The number of rotatable bonds is 8. The van der Waals surface area contributed by atoms with E-state index in [4.69, 9.17) is 0 Å². The van der Waals surface area contributed by atoms with Gasteiger partial charge in [-0.25, -0.2) is 0 Å². The van der Waals surface area contributed by atoms with Crippen molar-refractivity contribution < 1.29 is 0 Å². The van der Waals surface area contributed by atoms with E-state index >= 15 is 0 Å². The molecule has 182 valence electrons. The molecule has 0 spiro atoms. The molecule has 2 aromatic rings. The quantitative estimate of drug-likeness (QED) is 0.358. The third-order valence-electron chi connectivity index (χ3n) is 9.57. The first-order valence-corrected chi connectivity index (χ1v) is 13.5. The van der Waals surface area contributed by atoms with Crippen LogP contribution in [0.1, 0.15) is 98.6 Å². The Morgan fingerprint density at radius 3 is 2.18 bits per heavy atom. The number of fused-ring (bicyclic) bond motifs is 3. The molecule has 0 N–H and O–H groups in total. The Bertz CT molecular complexity index is 1150. The fraction of sp³-hybridized carbons (Fsp3) is 0.515. The van der Waals surface area contributed by atoms with E-state index in [0.717, 1.165) is 12.8 Å². The highest BCUT2D eigenvalue weighted by Crippen LogP contribution is 2.69. The summed E-state index contributed by atoms with van der Waals surface area (Å²) in [5.41, 5.74) is 12.2. The second-order valence-electron chi connectivity index (χ2n) is 11.3. The Labute approximate surface area is 209 Å². The summed E-state index contributed by atoms with van der Waals surface area (Å²) in [7, 11) is 2.35. The third-order valence-corrected chi connectivity index (χ3v) is 9.57. The summed E-state index contributed by atoms with van der Waals surface area (Å²) in [5.74, 6) is 0. The van der Waals surface area contributed by atoms with Crippen molar-refractivity contribution in [2.45, 2.75) is 98.4 Å². The van der Waals surface area contributed by atoms with Crippen LogP contribution in [0.25, 0.3) is 11.1 Å². The van der Waals surface area contributed by atoms with Gasteiger partial charge in [-0.1, -0.05) is 94.7 Å². The Hall–Kier alpha value is -2.28. The van der Waals surface area contributed by atoms with E-state index in [1.165, 1.54) is 58.3 Å². The number of hydrogen-bond acceptors (Lipinski definition) is 1. The number of benzene rings is 2. The van der Waals surface area contributed by atoms with Crippen LogP contribution < -0.4 is 4.90 Å². The Balaban J connectivity index is 1.77. The largest absolute Gasteiger partial charge is 0.368 e. The van der Waals surface area contributed by atoms with Crippen LogP contribution in [0.15, 0.2) is 65.3 Å². The summed E-state index contributed by atoms with van der Waals surface area (Å²) < 4.78 is 0. The van der Waals surface area contributed by atoms with E-state index in [2.05, 4.69) is 116 Å². The van der Waals surface area contributed by atoms with Gasteiger partial charge in [-0.05, 0) is 80.3 Å². The van der Waals surface area contributed by atoms with Gasteiger partial charge in [-0.15, -0.1) is 0 Å². The predicted octanol–water partition coefficient (Wildman–Crippen LogP) is 9.46. The molecule has 1 nitrogen and oxygen atoms in total. The zero-order chi connectivity index (χ0) is 24.9. The fourth-order valence-electron chi connectivity index (χ4n) is 7.35. The molecule has 2 aliphatic carbocycles. The average molecular weight is 456 g/mol. The van der Waals surface area contributed by atoms with E-state index in [1.807, 2.05) is 0 Å². The molecule has 4 rings (SSSR count). The molecule has 2 aromatic carbocycles. The third kappa shape index (κ3) is 3.42. The van der Waals surface area contributed by atoms with E-state index in [-0.39, 0.29) is 16.4 Å². The van der Waals surface area contributed by atoms with Crippen LogP contribution in [0.4, 0.5) is 5.69 Å². The minimum absolute atomic E-state index is 0.0428. The zero-order valence-corrected chi connectivity index (χ0v) is 23.1. The normalized spacial score (nSPS) is 25.5. The smallest absolute Gasteiger partial charge is 0.0499 e. The molecule has 0 heterocycles. The molecular weight excluding hydrogens is 410 g/mol. The summed E-state index contributed by atoms with van der Waals surface area (Å²) in [4.78, 5) is 2.65. The second kappa shape index (κ2) is 8.74. The number of anilines is 1. The van der Waals surface area contributed by atoms with Crippen molar-refractivity contribution in [1.82, 2.24) is 0 Å². The zero-order valence-electron chi connectivity index (χ0n) is 23.1. The summed E-state index contributed by atoms with van der Waals surface area (Å²) >= 11 is 0. The van der Waals surface area contributed by atoms with Crippen LogP contribution in [0.2, 0.25) is 0 Å². The monoisotopic (exact) mass is 455 g/mol. The van der Waals surface area contributed by atoms with Gasteiger partial charge in [-0.2, -0.15) is 0 Å².